The normalized spacial score (nSPS) is 11.4. The molecule has 8 N–H and O–H groups in total. The van der Waals surface area contributed by atoms with Crippen molar-refractivity contribution in [1.82, 2.24) is 0 Å². The van der Waals surface area contributed by atoms with Gasteiger partial charge in [-0.05, 0) is 200 Å². The maximum Gasteiger partial charge on any atom is 0.303 e. The van der Waals surface area contributed by atoms with Crippen LogP contribution in [0.2, 0.25) is 0 Å². The second kappa shape index (κ2) is 130. The number of carboxylic acid groups (broad SMARTS) is 6. The summed E-state index contributed by atoms with van der Waals surface area (Å²) in [5, 5.41) is 67.1. The summed E-state index contributed by atoms with van der Waals surface area (Å²) in [5.74, 6) is -3.99. The highest BCUT2D eigenvalue weighted by atomic mass is 16.4. The molecule has 740 valence electrons. The molecule has 0 radical (unpaired) electrons. The van der Waals surface area contributed by atoms with E-state index in [4.69, 9.17) is 40.9 Å². The first-order chi connectivity index (χ1) is 60.9. The SMILES string of the molecule is CC(O)CO.CCCCCCCCC=CCCCCCCCC(=O)O.CCCCCCCCC=CCCCCCCCC(=O)O.CCCCCCCCC=CCCCCCCCC(=O)O.CCCCCCCCC=CCCCCCCCC(=O)O.CCCCCCCCC=CCCCCCCCC(=O)O.CCCCCCCCC=CCCCCCCCC(=O)O. The van der Waals surface area contributed by atoms with Gasteiger partial charge in [0, 0.05) is 38.5 Å². The summed E-state index contributed by atoms with van der Waals surface area (Å²) in [6.07, 6.45) is 127. The maximum atomic E-state index is 10.3. The number of hydrogen-bond donors (Lipinski definition) is 8. The number of aliphatic hydroxyl groups is 2. The van der Waals surface area contributed by atoms with Crippen molar-refractivity contribution >= 4 is 35.8 Å². The second-order valence-corrected chi connectivity index (χ2v) is 35.4. The van der Waals surface area contributed by atoms with E-state index in [1.54, 1.807) is 0 Å². The molecule has 125 heavy (non-hydrogen) atoms. The summed E-state index contributed by atoms with van der Waals surface area (Å²) in [6.45, 7) is 14.9. The van der Waals surface area contributed by atoms with Crippen molar-refractivity contribution in [3.8, 4) is 0 Å². The van der Waals surface area contributed by atoms with Crippen LogP contribution in [0.3, 0.4) is 0 Å². The largest absolute Gasteiger partial charge is 0.481 e. The van der Waals surface area contributed by atoms with Crippen LogP contribution in [0.15, 0.2) is 72.9 Å². The van der Waals surface area contributed by atoms with Crippen LogP contribution >= 0.6 is 0 Å². The van der Waals surface area contributed by atoms with Crippen molar-refractivity contribution in [1.29, 1.82) is 0 Å². The molecule has 0 aromatic rings. The Morgan fingerprint density at radius 1 is 0.168 bits per heavy atom. The van der Waals surface area contributed by atoms with Gasteiger partial charge >= 0.3 is 35.8 Å². The van der Waals surface area contributed by atoms with E-state index in [0.29, 0.717) is 38.5 Å². The molecule has 0 bridgehead atoms. The number of rotatable bonds is 91. The van der Waals surface area contributed by atoms with Gasteiger partial charge in [-0.15, -0.1) is 0 Å². The van der Waals surface area contributed by atoms with Crippen LogP contribution in [0.25, 0.3) is 0 Å². The molecule has 0 aromatic carbocycles. The van der Waals surface area contributed by atoms with Gasteiger partial charge in [0.2, 0.25) is 0 Å². The minimum atomic E-state index is -0.664. The van der Waals surface area contributed by atoms with E-state index in [1.165, 1.54) is 431 Å². The van der Waals surface area contributed by atoms with Crippen molar-refractivity contribution in [3.05, 3.63) is 72.9 Å². The lowest BCUT2D eigenvalue weighted by molar-refractivity contribution is -0.138. The topological polar surface area (TPSA) is 264 Å². The van der Waals surface area contributed by atoms with Gasteiger partial charge < -0.3 is 40.9 Å². The Labute approximate surface area is 774 Å². The van der Waals surface area contributed by atoms with E-state index in [0.717, 1.165) is 77.0 Å². The fourth-order valence-electron chi connectivity index (χ4n) is 14.1. The van der Waals surface area contributed by atoms with Crippen LogP contribution in [0.1, 0.15) is 588 Å². The molecule has 0 fully saturated rings. The van der Waals surface area contributed by atoms with Gasteiger partial charge in [-0.1, -0.05) is 423 Å². The van der Waals surface area contributed by atoms with Crippen molar-refractivity contribution in [2.45, 2.75) is 594 Å². The van der Waals surface area contributed by atoms with E-state index in [2.05, 4.69) is 114 Å². The van der Waals surface area contributed by atoms with Crippen LogP contribution in [-0.4, -0.2) is 89.4 Å². The lowest BCUT2D eigenvalue weighted by atomic mass is 10.1. The maximum absolute atomic E-state index is 10.3. The number of aliphatic carboxylic acids is 6. The Bertz CT molecular complexity index is 1860. The monoisotopic (exact) mass is 1770 g/mol. The lowest BCUT2D eigenvalue weighted by Gasteiger charge is -1.99. The van der Waals surface area contributed by atoms with E-state index < -0.39 is 41.9 Å². The third kappa shape index (κ3) is 166. The number of allylic oxidation sites excluding steroid dienone is 12. The molecule has 0 aliphatic carbocycles. The Hall–Kier alpha value is -4.82. The van der Waals surface area contributed by atoms with Gasteiger partial charge in [0.25, 0.3) is 0 Å². The molecular formula is C111H212O14. The molecule has 0 spiro atoms. The summed E-state index contributed by atoms with van der Waals surface area (Å²) in [6, 6.07) is 0. The van der Waals surface area contributed by atoms with E-state index in [1.807, 2.05) is 0 Å². The lowest BCUT2D eigenvalue weighted by Crippen LogP contribution is -2.03. The molecule has 0 amide bonds. The molecule has 0 aromatic heterocycles. The number of unbranched alkanes of at least 4 members (excludes halogenated alkanes) is 66. The zero-order valence-corrected chi connectivity index (χ0v) is 83.6. The Morgan fingerprint density at radius 2 is 0.248 bits per heavy atom. The zero-order chi connectivity index (χ0) is 93.6. The van der Waals surface area contributed by atoms with Crippen molar-refractivity contribution < 1.29 is 69.6 Å². The third-order valence-electron chi connectivity index (χ3n) is 22.2. The van der Waals surface area contributed by atoms with Crippen molar-refractivity contribution in [2.75, 3.05) is 6.61 Å². The fourth-order valence-corrected chi connectivity index (χ4v) is 14.1. The minimum absolute atomic E-state index is 0.139. The molecular weight excluding hydrogens is 1560 g/mol. The zero-order valence-electron chi connectivity index (χ0n) is 83.6. The first-order valence-electron chi connectivity index (χ1n) is 53.4. The Balaban J connectivity index is -0.000000264. The first kappa shape index (κ1) is 133. The fraction of sp³-hybridized carbons (Fsp3) is 0.838. The number of aliphatic hydroxyl groups excluding tert-OH is 2. The Morgan fingerprint density at radius 3 is 0.328 bits per heavy atom. The molecule has 0 aliphatic heterocycles. The number of hydrogen-bond acceptors (Lipinski definition) is 8. The predicted molar refractivity (Wildman–Crippen MR) is 541 cm³/mol. The van der Waals surface area contributed by atoms with Gasteiger partial charge in [-0.2, -0.15) is 0 Å². The van der Waals surface area contributed by atoms with Crippen LogP contribution < -0.4 is 0 Å². The van der Waals surface area contributed by atoms with E-state index in [-0.39, 0.29) is 6.61 Å². The minimum Gasteiger partial charge on any atom is -0.481 e. The predicted octanol–water partition coefficient (Wildman–Crippen LogP) is 36.0. The van der Waals surface area contributed by atoms with Crippen LogP contribution in [0.4, 0.5) is 0 Å². The van der Waals surface area contributed by atoms with E-state index in [9.17, 15) is 28.8 Å². The summed E-state index contributed by atoms with van der Waals surface area (Å²) >= 11 is 0. The van der Waals surface area contributed by atoms with Crippen molar-refractivity contribution in [3.63, 3.8) is 0 Å². The highest BCUT2D eigenvalue weighted by molar-refractivity contribution is 5.68. The first-order valence-corrected chi connectivity index (χ1v) is 53.4. The standard InChI is InChI=1S/6C18H34O2.C3H8O2/c6*1-2-3-4-5-6-7-8-9-10-11-12-13-14-15-16-17-18(19)20;1-3(5)2-4/h6*9-10H,2-8,11-17H2,1H3,(H,19,20);3-5H,2H2,1H3. The molecule has 0 rings (SSSR count). The molecule has 14 nitrogen and oxygen atoms in total. The quantitative estimate of drug-likeness (QED) is 0.0208. The average Bonchev–Trinajstić information content (AvgIpc) is 1.13. The number of carbonyl (C=O) groups is 6. The molecule has 1 unspecified atom stereocenters. The molecule has 0 saturated heterocycles. The van der Waals surface area contributed by atoms with Crippen LogP contribution in [-0.2, 0) is 28.8 Å². The summed E-state index contributed by atoms with van der Waals surface area (Å²) in [7, 11) is 0. The summed E-state index contributed by atoms with van der Waals surface area (Å²) in [4.78, 5) is 61.9. The van der Waals surface area contributed by atoms with Crippen molar-refractivity contribution in [2.24, 2.45) is 0 Å². The highest BCUT2D eigenvalue weighted by Crippen LogP contribution is 2.18. The van der Waals surface area contributed by atoms with Gasteiger partial charge in [0.1, 0.15) is 0 Å². The molecule has 0 saturated carbocycles. The van der Waals surface area contributed by atoms with Gasteiger partial charge in [0.05, 0.1) is 12.7 Å². The Kier molecular flexibility index (Phi) is 139. The van der Waals surface area contributed by atoms with Gasteiger partial charge in [-0.25, -0.2) is 0 Å². The summed E-state index contributed by atoms with van der Waals surface area (Å²) < 4.78 is 0. The van der Waals surface area contributed by atoms with Crippen LogP contribution in [0, 0.1) is 0 Å². The summed E-state index contributed by atoms with van der Waals surface area (Å²) in [5.41, 5.74) is 0. The second-order valence-electron chi connectivity index (χ2n) is 35.4. The van der Waals surface area contributed by atoms with Crippen LogP contribution in [0.5, 0.6) is 0 Å². The average molecular weight is 1770 g/mol. The third-order valence-corrected chi connectivity index (χ3v) is 22.2. The molecule has 0 heterocycles. The molecule has 0 aliphatic rings. The highest BCUT2D eigenvalue weighted by Gasteiger charge is 2.03. The number of carboxylic acids is 6. The smallest absolute Gasteiger partial charge is 0.303 e. The molecule has 14 heteroatoms. The molecule has 1 atom stereocenters. The van der Waals surface area contributed by atoms with Gasteiger partial charge in [0.15, 0.2) is 0 Å². The van der Waals surface area contributed by atoms with Gasteiger partial charge in [-0.3, -0.25) is 28.8 Å². The van der Waals surface area contributed by atoms with E-state index >= 15 is 0 Å².